The van der Waals surface area contributed by atoms with Crippen LogP contribution in [0.15, 0.2) is 60.7 Å². The first-order valence-electron chi connectivity index (χ1n) is 12.9. The lowest BCUT2D eigenvalue weighted by atomic mass is 9.87. The van der Waals surface area contributed by atoms with Crippen molar-refractivity contribution in [1.82, 2.24) is 14.7 Å². The molecule has 4 atom stereocenters. The van der Waals surface area contributed by atoms with Gasteiger partial charge in [0.1, 0.15) is 0 Å². The van der Waals surface area contributed by atoms with Gasteiger partial charge >= 0.3 is 0 Å². The van der Waals surface area contributed by atoms with Crippen LogP contribution in [0.1, 0.15) is 56.7 Å². The molecule has 1 amide bonds. The lowest BCUT2D eigenvalue weighted by Gasteiger charge is -2.38. The number of allylic oxidation sites excluding steroid dienone is 1. The zero-order valence-corrected chi connectivity index (χ0v) is 20.7. The highest BCUT2D eigenvalue weighted by atomic mass is 16.2. The Balaban J connectivity index is 1.63. The van der Waals surface area contributed by atoms with Crippen molar-refractivity contribution in [2.45, 2.75) is 64.6 Å². The van der Waals surface area contributed by atoms with E-state index in [9.17, 15) is 4.79 Å². The molecule has 1 aromatic rings. The van der Waals surface area contributed by atoms with Gasteiger partial charge in [-0.3, -0.25) is 14.6 Å². The molecular weight excluding hydrogens is 406 g/mol. The van der Waals surface area contributed by atoms with Crippen molar-refractivity contribution in [1.29, 1.82) is 0 Å². The first kappa shape index (κ1) is 24.0. The highest BCUT2D eigenvalue weighted by molar-refractivity contribution is 5.81. The Kier molecular flexibility index (Phi) is 7.87. The van der Waals surface area contributed by atoms with Gasteiger partial charge in [-0.15, -0.1) is 6.58 Å². The summed E-state index contributed by atoms with van der Waals surface area (Å²) < 4.78 is 0. The van der Waals surface area contributed by atoms with Crippen LogP contribution in [0, 0.1) is 12.8 Å². The zero-order valence-electron chi connectivity index (χ0n) is 20.7. The molecule has 1 aliphatic carbocycles. The summed E-state index contributed by atoms with van der Waals surface area (Å²) in [6, 6.07) is 10.5. The number of likely N-dealkylation sites (tertiary alicyclic amines) is 1. The van der Waals surface area contributed by atoms with E-state index in [4.69, 9.17) is 0 Å². The van der Waals surface area contributed by atoms with Gasteiger partial charge in [0, 0.05) is 44.8 Å². The van der Waals surface area contributed by atoms with Gasteiger partial charge < -0.3 is 4.90 Å². The standard InChI is InChI=1S/C29H41N3O/c1-5-18-30-19-17-26-15-16-27(21-30)32(26)28(25-10-8-9-22(4)20-25)23-11-13-24(14-12-23)29(33)31(6-2)7-3/h5,8-13,20,24,26-28H,1,6-7,14-19,21H2,2-4H3. The van der Waals surface area contributed by atoms with Crippen LogP contribution in [0.3, 0.4) is 0 Å². The lowest BCUT2D eigenvalue weighted by molar-refractivity contribution is -0.133. The number of amides is 1. The molecule has 0 aromatic heterocycles. The number of rotatable bonds is 8. The smallest absolute Gasteiger partial charge is 0.229 e. The number of fused-ring (bicyclic) bond motifs is 2. The minimum absolute atomic E-state index is 0.0317. The summed E-state index contributed by atoms with van der Waals surface area (Å²) >= 11 is 0. The predicted molar refractivity (Wildman–Crippen MR) is 137 cm³/mol. The van der Waals surface area contributed by atoms with Gasteiger partial charge in [0.15, 0.2) is 0 Å². The monoisotopic (exact) mass is 447 g/mol. The van der Waals surface area contributed by atoms with E-state index in [1.54, 1.807) is 0 Å². The minimum Gasteiger partial charge on any atom is -0.343 e. The molecule has 2 aliphatic heterocycles. The van der Waals surface area contributed by atoms with E-state index in [1.807, 2.05) is 11.0 Å². The van der Waals surface area contributed by atoms with Crippen LogP contribution in [-0.2, 0) is 4.79 Å². The summed E-state index contributed by atoms with van der Waals surface area (Å²) in [4.78, 5) is 20.3. The second-order valence-corrected chi connectivity index (χ2v) is 9.90. The Bertz CT molecular complexity index is 900. The van der Waals surface area contributed by atoms with E-state index >= 15 is 0 Å². The van der Waals surface area contributed by atoms with Gasteiger partial charge in [0.25, 0.3) is 0 Å². The van der Waals surface area contributed by atoms with Gasteiger partial charge in [-0.05, 0) is 57.6 Å². The van der Waals surface area contributed by atoms with Gasteiger partial charge in [0.2, 0.25) is 5.91 Å². The van der Waals surface area contributed by atoms with E-state index < -0.39 is 0 Å². The second kappa shape index (κ2) is 10.8. The Morgan fingerprint density at radius 1 is 1.21 bits per heavy atom. The zero-order chi connectivity index (χ0) is 23.4. The maximum Gasteiger partial charge on any atom is 0.229 e. The summed E-state index contributed by atoms with van der Waals surface area (Å²) in [5, 5.41) is 0. The van der Waals surface area contributed by atoms with E-state index in [1.165, 1.54) is 36.0 Å². The Morgan fingerprint density at radius 2 is 2.00 bits per heavy atom. The molecule has 178 valence electrons. The van der Waals surface area contributed by atoms with Crippen LogP contribution < -0.4 is 0 Å². The van der Waals surface area contributed by atoms with Crippen LogP contribution in [0.4, 0.5) is 0 Å². The predicted octanol–water partition coefficient (Wildman–Crippen LogP) is 5.13. The van der Waals surface area contributed by atoms with Crippen molar-refractivity contribution < 1.29 is 4.79 Å². The van der Waals surface area contributed by atoms with E-state index in [-0.39, 0.29) is 17.9 Å². The summed E-state index contributed by atoms with van der Waals surface area (Å²) in [6.07, 6.45) is 13.4. The average Bonchev–Trinajstić information content (AvgIpc) is 3.11. The van der Waals surface area contributed by atoms with Crippen molar-refractivity contribution in [3.8, 4) is 0 Å². The van der Waals surface area contributed by atoms with Crippen molar-refractivity contribution >= 4 is 5.91 Å². The fourth-order valence-electron chi connectivity index (χ4n) is 6.12. The molecule has 0 radical (unpaired) electrons. The third kappa shape index (κ3) is 5.17. The average molecular weight is 448 g/mol. The van der Waals surface area contributed by atoms with Crippen molar-refractivity contribution in [3.05, 3.63) is 71.8 Å². The molecular formula is C29H41N3O. The topological polar surface area (TPSA) is 26.8 Å². The van der Waals surface area contributed by atoms with Gasteiger partial charge in [0.05, 0.1) is 12.0 Å². The van der Waals surface area contributed by atoms with Crippen LogP contribution in [0.2, 0.25) is 0 Å². The second-order valence-electron chi connectivity index (χ2n) is 9.90. The summed E-state index contributed by atoms with van der Waals surface area (Å²) in [6.45, 7) is 15.1. The Morgan fingerprint density at radius 3 is 2.67 bits per heavy atom. The Labute approximate surface area is 200 Å². The molecule has 2 fully saturated rings. The van der Waals surface area contributed by atoms with E-state index in [0.717, 1.165) is 39.1 Å². The first-order chi connectivity index (χ1) is 16.0. The number of aryl methyl sites for hydroxylation is 1. The summed E-state index contributed by atoms with van der Waals surface area (Å²) in [5.74, 6) is 0.226. The van der Waals surface area contributed by atoms with Crippen LogP contribution in [0.25, 0.3) is 0 Å². The number of carbonyl (C=O) groups excluding carboxylic acids is 1. The quantitative estimate of drug-likeness (QED) is 0.517. The van der Waals surface area contributed by atoms with Crippen molar-refractivity contribution in [2.75, 3.05) is 32.7 Å². The molecule has 3 aliphatic rings. The van der Waals surface area contributed by atoms with Gasteiger partial charge in [-0.25, -0.2) is 0 Å². The van der Waals surface area contributed by atoms with Crippen molar-refractivity contribution in [3.63, 3.8) is 0 Å². The molecule has 2 heterocycles. The van der Waals surface area contributed by atoms with Gasteiger partial charge in [-0.1, -0.05) is 54.1 Å². The minimum atomic E-state index is -0.0317. The molecule has 4 heteroatoms. The molecule has 4 unspecified atom stereocenters. The Hall–Kier alpha value is -2.17. The van der Waals surface area contributed by atoms with Gasteiger partial charge in [-0.2, -0.15) is 0 Å². The summed E-state index contributed by atoms with van der Waals surface area (Å²) in [5.41, 5.74) is 4.05. The molecule has 4 nitrogen and oxygen atoms in total. The number of nitrogens with zero attached hydrogens (tertiary/aromatic N) is 3. The number of carbonyl (C=O) groups is 1. The fourth-order valence-corrected chi connectivity index (χ4v) is 6.12. The highest BCUT2D eigenvalue weighted by Crippen LogP contribution is 2.42. The third-order valence-electron chi connectivity index (χ3n) is 7.80. The first-order valence-corrected chi connectivity index (χ1v) is 12.9. The molecule has 33 heavy (non-hydrogen) atoms. The van der Waals surface area contributed by atoms with E-state index in [0.29, 0.717) is 12.1 Å². The van der Waals surface area contributed by atoms with Crippen LogP contribution >= 0.6 is 0 Å². The number of benzene rings is 1. The SMILES string of the molecule is C=CCN1CCC2CCC(C1)N2C(C1=CCC(C(=O)N(CC)CC)C=C1)c1cccc(C)c1. The molecule has 0 N–H and O–H groups in total. The normalized spacial score (nSPS) is 26.5. The largest absolute Gasteiger partial charge is 0.343 e. The molecule has 0 spiro atoms. The van der Waals surface area contributed by atoms with E-state index in [2.05, 4.69) is 79.6 Å². The van der Waals surface area contributed by atoms with Crippen LogP contribution in [0.5, 0.6) is 0 Å². The molecule has 4 rings (SSSR count). The maximum atomic E-state index is 12.9. The molecule has 2 saturated heterocycles. The molecule has 1 aromatic carbocycles. The summed E-state index contributed by atoms with van der Waals surface area (Å²) in [7, 11) is 0. The van der Waals surface area contributed by atoms with Crippen LogP contribution in [-0.4, -0.2) is 65.4 Å². The van der Waals surface area contributed by atoms with Crippen molar-refractivity contribution in [2.24, 2.45) is 5.92 Å². The molecule has 2 bridgehead atoms. The highest BCUT2D eigenvalue weighted by Gasteiger charge is 2.42. The number of hydrogen-bond donors (Lipinski definition) is 0. The lowest BCUT2D eigenvalue weighted by Crippen LogP contribution is -2.42. The fraction of sp³-hybridized carbons (Fsp3) is 0.552. The number of hydrogen-bond acceptors (Lipinski definition) is 3. The molecule has 0 saturated carbocycles. The third-order valence-corrected chi connectivity index (χ3v) is 7.80. The maximum absolute atomic E-state index is 12.9.